The summed E-state index contributed by atoms with van der Waals surface area (Å²) in [5, 5.41) is 0. The standard InChI is InChI=1S/C11H19ClO3/c1-8(13)15-11-6-4-3-5-10(14-2)9(11)7-12/h9-11H,3-7H2,1-2H3/t9-,10+,11+/m0/s1. The largest absolute Gasteiger partial charge is 0.462 e. The van der Waals surface area contributed by atoms with Gasteiger partial charge >= 0.3 is 5.97 Å². The molecule has 15 heavy (non-hydrogen) atoms. The Morgan fingerprint density at radius 3 is 2.40 bits per heavy atom. The highest BCUT2D eigenvalue weighted by Gasteiger charge is 2.33. The normalized spacial score (nSPS) is 32.1. The number of carbonyl (C=O) groups excluding carboxylic acids is 1. The van der Waals surface area contributed by atoms with Crippen molar-refractivity contribution in [1.82, 2.24) is 0 Å². The first-order chi connectivity index (χ1) is 7.19. The summed E-state index contributed by atoms with van der Waals surface area (Å²) in [5.41, 5.74) is 0. The number of methoxy groups -OCH3 is 1. The van der Waals surface area contributed by atoms with Crippen LogP contribution in [0.4, 0.5) is 0 Å². The minimum absolute atomic E-state index is 0.0764. The monoisotopic (exact) mass is 234 g/mol. The highest BCUT2D eigenvalue weighted by molar-refractivity contribution is 6.18. The zero-order chi connectivity index (χ0) is 11.3. The third-order valence-corrected chi connectivity index (χ3v) is 3.34. The van der Waals surface area contributed by atoms with Gasteiger partial charge in [-0.1, -0.05) is 6.42 Å². The van der Waals surface area contributed by atoms with E-state index >= 15 is 0 Å². The number of halogens is 1. The lowest BCUT2D eigenvalue weighted by Crippen LogP contribution is -2.35. The number of carbonyl (C=O) groups is 1. The van der Waals surface area contributed by atoms with E-state index in [0.29, 0.717) is 5.88 Å². The van der Waals surface area contributed by atoms with Gasteiger partial charge in [0.05, 0.1) is 6.10 Å². The fraction of sp³-hybridized carbons (Fsp3) is 0.909. The molecular formula is C11H19ClO3. The second-order valence-electron chi connectivity index (χ2n) is 4.02. The topological polar surface area (TPSA) is 35.5 Å². The fourth-order valence-corrected chi connectivity index (χ4v) is 2.61. The van der Waals surface area contributed by atoms with Crippen LogP contribution in [0.25, 0.3) is 0 Å². The molecule has 0 radical (unpaired) electrons. The summed E-state index contributed by atoms with van der Waals surface area (Å²) < 4.78 is 10.7. The summed E-state index contributed by atoms with van der Waals surface area (Å²) in [6.45, 7) is 1.44. The lowest BCUT2D eigenvalue weighted by molar-refractivity contribution is -0.151. The molecule has 88 valence electrons. The molecule has 0 aliphatic heterocycles. The molecule has 1 rings (SSSR count). The molecule has 0 spiro atoms. The van der Waals surface area contributed by atoms with Gasteiger partial charge in [-0.15, -0.1) is 11.6 Å². The molecule has 0 unspecified atom stereocenters. The lowest BCUT2D eigenvalue weighted by atomic mass is 9.96. The van der Waals surface area contributed by atoms with Crippen molar-refractivity contribution in [3.05, 3.63) is 0 Å². The molecule has 1 saturated carbocycles. The summed E-state index contributed by atoms with van der Waals surface area (Å²) in [5.74, 6) is 0.381. The average molecular weight is 235 g/mol. The van der Waals surface area contributed by atoms with Gasteiger partial charge in [-0.25, -0.2) is 0 Å². The minimum Gasteiger partial charge on any atom is -0.462 e. The highest BCUT2D eigenvalue weighted by atomic mass is 35.5. The predicted molar refractivity (Wildman–Crippen MR) is 59.0 cm³/mol. The first kappa shape index (κ1) is 12.8. The number of ether oxygens (including phenoxy) is 2. The van der Waals surface area contributed by atoms with Crippen molar-refractivity contribution in [2.75, 3.05) is 13.0 Å². The third-order valence-electron chi connectivity index (χ3n) is 2.98. The average Bonchev–Trinajstić information content (AvgIpc) is 2.38. The predicted octanol–water partition coefficient (Wildman–Crippen LogP) is 2.36. The molecule has 0 bridgehead atoms. The summed E-state index contributed by atoms with van der Waals surface area (Å²) in [4.78, 5) is 11.0. The molecule has 3 nitrogen and oxygen atoms in total. The zero-order valence-electron chi connectivity index (χ0n) is 9.37. The summed E-state index contributed by atoms with van der Waals surface area (Å²) in [6, 6.07) is 0. The van der Waals surface area contributed by atoms with Crippen molar-refractivity contribution in [2.24, 2.45) is 5.92 Å². The van der Waals surface area contributed by atoms with E-state index in [4.69, 9.17) is 21.1 Å². The Morgan fingerprint density at radius 1 is 1.33 bits per heavy atom. The molecule has 3 atom stereocenters. The molecule has 1 fully saturated rings. The second-order valence-corrected chi connectivity index (χ2v) is 4.33. The number of rotatable bonds is 3. The fourth-order valence-electron chi connectivity index (χ4n) is 2.21. The molecular weight excluding hydrogens is 216 g/mol. The van der Waals surface area contributed by atoms with Crippen LogP contribution in [0.15, 0.2) is 0 Å². The number of alkyl halides is 1. The Kier molecular flexibility index (Phi) is 5.40. The molecule has 0 amide bonds. The van der Waals surface area contributed by atoms with Gasteiger partial charge in [0.25, 0.3) is 0 Å². The summed E-state index contributed by atoms with van der Waals surface area (Å²) >= 11 is 5.93. The van der Waals surface area contributed by atoms with Crippen LogP contribution in [-0.4, -0.2) is 31.2 Å². The van der Waals surface area contributed by atoms with Crippen LogP contribution in [0.1, 0.15) is 32.6 Å². The molecule has 1 aliphatic carbocycles. The van der Waals surface area contributed by atoms with E-state index < -0.39 is 0 Å². The SMILES string of the molecule is CO[C@@H]1CCCC[C@@H](OC(C)=O)[C@H]1CCl. The van der Waals surface area contributed by atoms with E-state index in [1.165, 1.54) is 6.92 Å². The number of hydrogen-bond donors (Lipinski definition) is 0. The number of esters is 1. The lowest BCUT2D eigenvalue weighted by Gasteiger charge is -2.28. The Labute approximate surface area is 96.1 Å². The maximum atomic E-state index is 11.0. The van der Waals surface area contributed by atoms with E-state index in [2.05, 4.69) is 0 Å². The van der Waals surface area contributed by atoms with Crippen LogP contribution in [-0.2, 0) is 14.3 Å². The summed E-state index contributed by atoms with van der Waals surface area (Å²) in [7, 11) is 1.69. The maximum Gasteiger partial charge on any atom is 0.302 e. The highest BCUT2D eigenvalue weighted by Crippen LogP contribution is 2.29. The first-order valence-corrected chi connectivity index (χ1v) is 5.98. The maximum absolute atomic E-state index is 11.0. The van der Waals surface area contributed by atoms with E-state index in [-0.39, 0.29) is 24.1 Å². The van der Waals surface area contributed by atoms with Crippen LogP contribution in [0.2, 0.25) is 0 Å². The van der Waals surface area contributed by atoms with E-state index in [1.807, 2.05) is 0 Å². The number of hydrogen-bond acceptors (Lipinski definition) is 3. The minimum atomic E-state index is -0.230. The van der Waals surface area contributed by atoms with Crippen molar-refractivity contribution in [3.8, 4) is 0 Å². The quantitative estimate of drug-likeness (QED) is 0.427. The van der Waals surface area contributed by atoms with Crippen molar-refractivity contribution >= 4 is 17.6 Å². The smallest absolute Gasteiger partial charge is 0.302 e. The van der Waals surface area contributed by atoms with Crippen molar-refractivity contribution in [1.29, 1.82) is 0 Å². The van der Waals surface area contributed by atoms with Gasteiger partial charge in [0.2, 0.25) is 0 Å². The van der Waals surface area contributed by atoms with Gasteiger partial charge in [-0.3, -0.25) is 4.79 Å². The molecule has 0 saturated heterocycles. The molecule has 0 aromatic rings. The van der Waals surface area contributed by atoms with E-state index in [1.54, 1.807) is 7.11 Å². The molecule has 0 aromatic heterocycles. The van der Waals surface area contributed by atoms with Crippen LogP contribution in [0, 0.1) is 5.92 Å². The first-order valence-electron chi connectivity index (χ1n) is 5.45. The third kappa shape index (κ3) is 3.65. The molecule has 0 aromatic carbocycles. The Hall–Kier alpha value is -0.280. The van der Waals surface area contributed by atoms with Gasteiger partial charge in [0.15, 0.2) is 0 Å². The van der Waals surface area contributed by atoms with Gasteiger partial charge in [-0.2, -0.15) is 0 Å². The van der Waals surface area contributed by atoms with Gasteiger partial charge < -0.3 is 9.47 Å². The van der Waals surface area contributed by atoms with E-state index in [9.17, 15) is 4.79 Å². The Balaban J connectivity index is 2.67. The van der Waals surface area contributed by atoms with Crippen molar-refractivity contribution in [2.45, 2.75) is 44.8 Å². The van der Waals surface area contributed by atoms with Crippen LogP contribution >= 0.6 is 11.6 Å². The molecule has 1 aliphatic rings. The summed E-state index contributed by atoms with van der Waals surface area (Å²) in [6.07, 6.45) is 4.14. The molecule has 0 heterocycles. The van der Waals surface area contributed by atoms with Crippen molar-refractivity contribution in [3.63, 3.8) is 0 Å². The van der Waals surface area contributed by atoms with Gasteiger partial charge in [0.1, 0.15) is 6.10 Å². The molecule has 4 heteroatoms. The molecule has 0 N–H and O–H groups in total. The van der Waals surface area contributed by atoms with Crippen LogP contribution in [0.5, 0.6) is 0 Å². The van der Waals surface area contributed by atoms with E-state index in [0.717, 1.165) is 25.7 Å². The Morgan fingerprint density at radius 2 is 1.93 bits per heavy atom. The van der Waals surface area contributed by atoms with Crippen molar-refractivity contribution < 1.29 is 14.3 Å². The van der Waals surface area contributed by atoms with Crippen LogP contribution in [0.3, 0.4) is 0 Å². The zero-order valence-corrected chi connectivity index (χ0v) is 10.1. The van der Waals surface area contributed by atoms with Gasteiger partial charge in [0, 0.05) is 25.8 Å². The van der Waals surface area contributed by atoms with Gasteiger partial charge in [-0.05, 0) is 19.3 Å². The second kappa shape index (κ2) is 6.33. The Bertz CT molecular complexity index is 208. The van der Waals surface area contributed by atoms with Crippen LogP contribution < -0.4 is 0 Å².